The zero-order valence-electron chi connectivity index (χ0n) is 17.1. The quantitative estimate of drug-likeness (QED) is 0.556. The summed E-state index contributed by atoms with van der Waals surface area (Å²) >= 11 is 0. The van der Waals surface area contributed by atoms with Crippen LogP contribution in [-0.2, 0) is 6.54 Å². The van der Waals surface area contributed by atoms with Gasteiger partial charge in [-0.15, -0.1) is 0 Å². The van der Waals surface area contributed by atoms with E-state index in [1.807, 2.05) is 45.9 Å². The third kappa shape index (κ3) is 3.94. The van der Waals surface area contributed by atoms with Gasteiger partial charge in [-0.05, 0) is 23.8 Å². The molecule has 4 aromatic rings. The maximum absolute atomic E-state index is 13.0. The SMILES string of the molecule is O=C(c1cnc2c(c1)ncn2Cc1ccccc1)N1CCN(c2cccc(O)c2)CC1. The lowest BCUT2D eigenvalue weighted by molar-refractivity contribution is 0.0746. The molecule has 0 spiro atoms. The van der Waals surface area contributed by atoms with Crippen LogP contribution in [-0.4, -0.2) is 56.6 Å². The highest BCUT2D eigenvalue weighted by Crippen LogP contribution is 2.22. The van der Waals surface area contributed by atoms with Crippen LogP contribution in [0.25, 0.3) is 11.2 Å². The summed E-state index contributed by atoms with van der Waals surface area (Å²) in [7, 11) is 0. The molecule has 156 valence electrons. The van der Waals surface area contributed by atoms with Crippen LogP contribution in [0.5, 0.6) is 5.75 Å². The van der Waals surface area contributed by atoms with E-state index in [2.05, 4.69) is 27.0 Å². The molecular formula is C24H23N5O2. The summed E-state index contributed by atoms with van der Waals surface area (Å²) in [6.07, 6.45) is 3.42. The number of phenols is 1. The first kappa shape index (κ1) is 19.1. The molecule has 1 aliphatic rings. The highest BCUT2D eigenvalue weighted by molar-refractivity contribution is 5.96. The Morgan fingerprint density at radius 2 is 1.74 bits per heavy atom. The van der Waals surface area contributed by atoms with Crippen molar-refractivity contribution in [3.8, 4) is 5.75 Å². The van der Waals surface area contributed by atoms with Crippen molar-refractivity contribution in [2.45, 2.75) is 6.54 Å². The molecule has 7 nitrogen and oxygen atoms in total. The first-order chi connectivity index (χ1) is 15.2. The molecule has 1 fully saturated rings. The zero-order chi connectivity index (χ0) is 21.2. The van der Waals surface area contributed by atoms with Crippen molar-refractivity contribution in [2.24, 2.45) is 0 Å². The second kappa shape index (κ2) is 8.10. The molecule has 0 aliphatic carbocycles. The lowest BCUT2D eigenvalue weighted by atomic mass is 10.2. The molecule has 0 unspecified atom stereocenters. The van der Waals surface area contributed by atoms with Gasteiger partial charge in [0.05, 0.1) is 18.4 Å². The predicted molar refractivity (Wildman–Crippen MR) is 119 cm³/mol. The van der Waals surface area contributed by atoms with Crippen LogP contribution >= 0.6 is 0 Å². The van der Waals surface area contributed by atoms with Crippen molar-refractivity contribution in [1.82, 2.24) is 19.4 Å². The van der Waals surface area contributed by atoms with Gasteiger partial charge in [0.2, 0.25) is 0 Å². The Hall–Kier alpha value is -3.87. The van der Waals surface area contributed by atoms with Crippen LogP contribution in [0.4, 0.5) is 5.69 Å². The smallest absolute Gasteiger partial charge is 0.255 e. The van der Waals surface area contributed by atoms with E-state index in [0.717, 1.165) is 29.9 Å². The Morgan fingerprint density at radius 1 is 0.935 bits per heavy atom. The fraction of sp³-hybridized carbons (Fsp3) is 0.208. The van der Waals surface area contributed by atoms with Crippen LogP contribution in [0, 0.1) is 0 Å². The lowest BCUT2D eigenvalue weighted by Gasteiger charge is -2.36. The van der Waals surface area contributed by atoms with E-state index < -0.39 is 0 Å². The average molecular weight is 413 g/mol. The van der Waals surface area contributed by atoms with E-state index in [0.29, 0.717) is 25.2 Å². The number of rotatable bonds is 4. The van der Waals surface area contributed by atoms with Gasteiger partial charge in [-0.25, -0.2) is 9.97 Å². The number of carbonyl (C=O) groups is 1. The average Bonchev–Trinajstić information content (AvgIpc) is 3.21. The minimum Gasteiger partial charge on any atom is -0.508 e. The summed E-state index contributed by atoms with van der Waals surface area (Å²) in [5.74, 6) is 0.227. The van der Waals surface area contributed by atoms with E-state index in [1.54, 1.807) is 24.7 Å². The minimum absolute atomic E-state index is 0.0254. The molecule has 5 rings (SSSR count). The van der Waals surface area contributed by atoms with Gasteiger partial charge in [0, 0.05) is 44.1 Å². The number of nitrogens with zero attached hydrogens (tertiary/aromatic N) is 5. The van der Waals surface area contributed by atoms with E-state index in [4.69, 9.17) is 0 Å². The molecule has 1 saturated heterocycles. The van der Waals surface area contributed by atoms with E-state index in [9.17, 15) is 9.90 Å². The third-order valence-electron chi connectivity index (χ3n) is 5.66. The van der Waals surface area contributed by atoms with Gasteiger partial charge in [-0.2, -0.15) is 0 Å². The first-order valence-corrected chi connectivity index (χ1v) is 10.4. The van der Waals surface area contributed by atoms with Gasteiger partial charge >= 0.3 is 0 Å². The van der Waals surface area contributed by atoms with E-state index in [1.165, 1.54) is 5.56 Å². The third-order valence-corrected chi connectivity index (χ3v) is 5.66. The molecule has 1 N–H and O–H groups in total. The summed E-state index contributed by atoms with van der Waals surface area (Å²) in [5.41, 5.74) is 4.20. The maximum Gasteiger partial charge on any atom is 0.255 e. The molecule has 1 aliphatic heterocycles. The molecular weight excluding hydrogens is 390 g/mol. The number of carbonyl (C=O) groups excluding carboxylic acids is 1. The molecule has 0 atom stereocenters. The molecule has 1 amide bonds. The summed E-state index contributed by atoms with van der Waals surface area (Å²) in [5, 5.41) is 9.70. The lowest BCUT2D eigenvalue weighted by Crippen LogP contribution is -2.48. The number of aromatic hydroxyl groups is 1. The second-order valence-electron chi connectivity index (χ2n) is 7.72. The molecule has 3 heterocycles. The van der Waals surface area contributed by atoms with Crippen LogP contribution in [0.3, 0.4) is 0 Å². The number of anilines is 1. The molecule has 7 heteroatoms. The molecule has 0 saturated carbocycles. The monoisotopic (exact) mass is 413 g/mol. The molecule has 2 aromatic carbocycles. The van der Waals surface area contributed by atoms with Crippen molar-refractivity contribution in [3.63, 3.8) is 0 Å². The van der Waals surface area contributed by atoms with Crippen molar-refractivity contribution < 1.29 is 9.90 Å². The Kier molecular flexibility index (Phi) is 5.00. The van der Waals surface area contributed by atoms with Crippen molar-refractivity contribution in [3.05, 3.63) is 84.3 Å². The summed E-state index contributed by atoms with van der Waals surface area (Å²) in [6, 6.07) is 19.2. The number of benzene rings is 2. The molecule has 2 aromatic heterocycles. The summed E-state index contributed by atoms with van der Waals surface area (Å²) in [6.45, 7) is 3.37. The number of imidazole rings is 1. The Labute approximate surface area is 180 Å². The maximum atomic E-state index is 13.0. The fourth-order valence-electron chi connectivity index (χ4n) is 4.00. The number of fused-ring (bicyclic) bond motifs is 1. The van der Waals surface area contributed by atoms with Crippen LogP contribution < -0.4 is 4.90 Å². The topological polar surface area (TPSA) is 74.5 Å². The largest absolute Gasteiger partial charge is 0.508 e. The van der Waals surface area contributed by atoms with Crippen molar-refractivity contribution >= 4 is 22.8 Å². The van der Waals surface area contributed by atoms with Gasteiger partial charge in [-0.3, -0.25) is 4.79 Å². The van der Waals surface area contributed by atoms with Crippen LogP contribution in [0.2, 0.25) is 0 Å². The van der Waals surface area contributed by atoms with Crippen molar-refractivity contribution in [2.75, 3.05) is 31.1 Å². The Morgan fingerprint density at radius 3 is 2.52 bits per heavy atom. The van der Waals surface area contributed by atoms with Crippen LogP contribution in [0.1, 0.15) is 15.9 Å². The highest BCUT2D eigenvalue weighted by atomic mass is 16.3. The number of phenolic OH excluding ortho intramolecular Hbond substituents is 1. The van der Waals surface area contributed by atoms with E-state index in [-0.39, 0.29) is 11.7 Å². The Balaban J connectivity index is 1.28. The normalized spacial score (nSPS) is 14.2. The van der Waals surface area contributed by atoms with Crippen molar-refractivity contribution in [1.29, 1.82) is 0 Å². The minimum atomic E-state index is -0.0254. The van der Waals surface area contributed by atoms with Gasteiger partial charge in [0.15, 0.2) is 5.65 Å². The van der Waals surface area contributed by atoms with Crippen LogP contribution in [0.15, 0.2) is 73.2 Å². The van der Waals surface area contributed by atoms with E-state index >= 15 is 0 Å². The van der Waals surface area contributed by atoms with Gasteiger partial charge < -0.3 is 19.5 Å². The molecule has 0 bridgehead atoms. The highest BCUT2D eigenvalue weighted by Gasteiger charge is 2.23. The number of pyridine rings is 1. The van der Waals surface area contributed by atoms with Gasteiger partial charge in [0.25, 0.3) is 5.91 Å². The number of amides is 1. The standard InChI is InChI=1S/C24H23N5O2/c30-21-8-4-7-20(14-21)27-9-11-28(12-10-27)24(31)19-13-22-23(25-15-19)29(17-26-22)16-18-5-2-1-3-6-18/h1-8,13-15,17,30H,9-12,16H2. The molecule has 31 heavy (non-hydrogen) atoms. The summed E-state index contributed by atoms with van der Waals surface area (Å²) in [4.78, 5) is 26.1. The predicted octanol–water partition coefficient (Wildman–Crippen LogP) is 3.15. The number of aromatic nitrogens is 3. The number of hydrogen-bond acceptors (Lipinski definition) is 5. The first-order valence-electron chi connectivity index (χ1n) is 10.4. The summed E-state index contributed by atoms with van der Waals surface area (Å²) < 4.78 is 1.99. The fourth-order valence-corrected chi connectivity index (χ4v) is 4.00. The number of piperazine rings is 1. The molecule has 0 radical (unpaired) electrons. The Bertz CT molecular complexity index is 1210. The van der Waals surface area contributed by atoms with Gasteiger partial charge in [0.1, 0.15) is 11.3 Å². The van der Waals surface area contributed by atoms with Gasteiger partial charge in [-0.1, -0.05) is 36.4 Å². The number of hydrogen-bond donors (Lipinski definition) is 1. The second-order valence-corrected chi connectivity index (χ2v) is 7.72. The zero-order valence-corrected chi connectivity index (χ0v) is 17.1.